The van der Waals surface area contributed by atoms with E-state index < -0.39 is 0 Å². The van der Waals surface area contributed by atoms with Crippen LogP contribution in [0.4, 0.5) is 5.13 Å². The first-order valence-corrected chi connectivity index (χ1v) is 9.40. The number of benzene rings is 2. The number of ether oxygens (including phenoxy) is 1. The molecule has 5 heteroatoms. The number of carbonyl (C=O) groups excluding carboxylic acids is 1. The second kappa shape index (κ2) is 6.84. The van der Waals surface area contributed by atoms with E-state index in [1.165, 1.54) is 10.3 Å². The Kier molecular flexibility index (Phi) is 4.40. The Balaban J connectivity index is 1.29. The Bertz CT molecular complexity index is 849. The lowest BCUT2D eigenvalue weighted by atomic mass is 10.1. The normalized spacial score (nSPS) is 14.5. The molecule has 0 aliphatic carbocycles. The summed E-state index contributed by atoms with van der Waals surface area (Å²) in [7, 11) is 0. The number of aromatic nitrogens is 1. The second-order valence-corrected chi connectivity index (χ2v) is 7.34. The van der Waals surface area contributed by atoms with Crippen LogP contribution < -0.4 is 4.90 Å². The predicted molar refractivity (Wildman–Crippen MR) is 101 cm³/mol. The molecule has 0 N–H and O–H groups in total. The van der Waals surface area contributed by atoms with Crippen LogP contribution in [-0.4, -0.2) is 30.1 Å². The third kappa shape index (κ3) is 3.51. The zero-order chi connectivity index (χ0) is 17.2. The number of rotatable bonds is 5. The van der Waals surface area contributed by atoms with Gasteiger partial charge in [-0.1, -0.05) is 54.7 Å². The number of anilines is 1. The van der Waals surface area contributed by atoms with E-state index in [0.29, 0.717) is 6.42 Å². The number of nitrogens with zero attached hydrogens (tertiary/aromatic N) is 2. The lowest BCUT2D eigenvalue weighted by Crippen LogP contribution is -2.53. The standard InChI is InChI=1S/C20H20N2O2S/c1-2-14-7-9-15(10-8-14)11-19(23)24-16-12-22(13-16)20-21-17-5-3-4-6-18(17)25-20/h3-10,16H,2,11-13H2,1H3. The van der Waals surface area contributed by atoms with E-state index in [9.17, 15) is 4.79 Å². The molecule has 1 aromatic heterocycles. The largest absolute Gasteiger partial charge is 0.458 e. The Labute approximate surface area is 151 Å². The lowest BCUT2D eigenvalue weighted by molar-refractivity contribution is -0.149. The lowest BCUT2D eigenvalue weighted by Gasteiger charge is -2.38. The molecule has 128 valence electrons. The predicted octanol–water partition coefficient (Wildman–Crippen LogP) is 3.83. The van der Waals surface area contributed by atoms with Gasteiger partial charge < -0.3 is 9.64 Å². The molecule has 3 aromatic rings. The molecule has 1 aliphatic heterocycles. The third-order valence-corrected chi connectivity index (χ3v) is 5.58. The van der Waals surface area contributed by atoms with E-state index in [-0.39, 0.29) is 12.1 Å². The smallest absolute Gasteiger partial charge is 0.310 e. The molecular weight excluding hydrogens is 332 g/mol. The Morgan fingerprint density at radius 3 is 2.60 bits per heavy atom. The van der Waals surface area contributed by atoms with Crippen LogP contribution >= 0.6 is 11.3 Å². The van der Waals surface area contributed by atoms with Gasteiger partial charge >= 0.3 is 5.97 Å². The molecule has 0 bridgehead atoms. The van der Waals surface area contributed by atoms with E-state index in [4.69, 9.17) is 4.74 Å². The van der Waals surface area contributed by atoms with Gasteiger partial charge in [0.15, 0.2) is 5.13 Å². The number of esters is 1. The van der Waals surface area contributed by atoms with Gasteiger partial charge in [0.05, 0.1) is 29.7 Å². The summed E-state index contributed by atoms with van der Waals surface area (Å²) in [6.07, 6.45) is 1.31. The molecular formula is C20H20N2O2S. The maximum absolute atomic E-state index is 12.1. The second-order valence-electron chi connectivity index (χ2n) is 6.33. The number of hydrogen-bond donors (Lipinski definition) is 0. The molecule has 2 aromatic carbocycles. The van der Waals surface area contributed by atoms with Gasteiger partial charge in [-0.25, -0.2) is 4.98 Å². The van der Waals surface area contributed by atoms with Crippen molar-refractivity contribution in [3.63, 3.8) is 0 Å². The molecule has 0 radical (unpaired) electrons. The van der Waals surface area contributed by atoms with Crippen molar-refractivity contribution in [3.05, 3.63) is 59.7 Å². The molecule has 1 aliphatic rings. The third-order valence-electron chi connectivity index (χ3n) is 4.48. The summed E-state index contributed by atoms with van der Waals surface area (Å²) in [5.74, 6) is -0.154. The number of para-hydroxylation sites is 1. The van der Waals surface area contributed by atoms with Gasteiger partial charge in [-0.3, -0.25) is 4.79 Å². The van der Waals surface area contributed by atoms with Crippen molar-refractivity contribution in [2.45, 2.75) is 25.9 Å². The van der Waals surface area contributed by atoms with Crippen molar-refractivity contribution in [2.24, 2.45) is 0 Å². The van der Waals surface area contributed by atoms with E-state index in [1.807, 2.05) is 30.3 Å². The Morgan fingerprint density at radius 1 is 1.16 bits per heavy atom. The Hall–Kier alpha value is -2.40. The molecule has 0 atom stereocenters. The van der Waals surface area contributed by atoms with Crippen molar-refractivity contribution in [1.29, 1.82) is 0 Å². The fourth-order valence-corrected chi connectivity index (χ4v) is 3.93. The van der Waals surface area contributed by atoms with E-state index in [1.54, 1.807) is 11.3 Å². The van der Waals surface area contributed by atoms with Gasteiger partial charge in [-0.05, 0) is 29.7 Å². The first-order valence-electron chi connectivity index (χ1n) is 8.59. The van der Waals surface area contributed by atoms with Crippen molar-refractivity contribution < 1.29 is 9.53 Å². The van der Waals surface area contributed by atoms with Gasteiger partial charge in [0.2, 0.25) is 0 Å². The van der Waals surface area contributed by atoms with Crippen LogP contribution in [0.15, 0.2) is 48.5 Å². The quantitative estimate of drug-likeness (QED) is 0.655. The first-order chi connectivity index (χ1) is 12.2. The molecule has 0 amide bonds. The zero-order valence-electron chi connectivity index (χ0n) is 14.1. The average molecular weight is 352 g/mol. The highest BCUT2D eigenvalue weighted by molar-refractivity contribution is 7.22. The van der Waals surface area contributed by atoms with E-state index in [0.717, 1.165) is 35.7 Å². The van der Waals surface area contributed by atoms with Gasteiger partial charge in [0, 0.05) is 0 Å². The van der Waals surface area contributed by atoms with Crippen LogP contribution in [0.25, 0.3) is 10.2 Å². The van der Waals surface area contributed by atoms with Crippen molar-refractivity contribution in [3.8, 4) is 0 Å². The minimum Gasteiger partial charge on any atom is -0.458 e. The summed E-state index contributed by atoms with van der Waals surface area (Å²) < 4.78 is 6.76. The molecule has 1 saturated heterocycles. The van der Waals surface area contributed by atoms with Crippen LogP contribution in [0.1, 0.15) is 18.1 Å². The molecule has 1 fully saturated rings. The highest BCUT2D eigenvalue weighted by Gasteiger charge is 2.32. The molecule has 0 spiro atoms. The zero-order valence-corrected chi connectivity index (χ0v) is 15.0. The van der Waals surface area contributed by atoms with Gasteiger partial charge in [0.1, 0.15) is 6.10 Å². The maximum Gasteiger partial charge on any atom is 0.310 e. The van der Waals surface area contributed by atoms with Gasteiger partial charge in [-0.15, -0.1) is 0 Å². The minimum absolute atomic E-state index is 0.0329. The fraction of sp³-hybridized carbons (Fsp3) is 0.300. The number of hydrogen-bond acceptors (Lipinski definition) is 5. The van der Waals surface area contributed by atoms with Crippen LogP contribution in [0.3, 0.4) is 0 Å². The van der Waals surface area contributed by atoms with Crippen LogP contribution in [-0.2, 0) is 22.4 Å². The van der Waals surface area contributed by atoms with Crippen LogP contribution in [0.5, 0.6) is 0 Å². The summed E-state index contributed by atoms with van der Waals surface area (Å²) >= 11 is 1.68. The van der Waals surface area contributed by atoms with Crippen LogP contribution in [0.2, 0.25) is 0 Å². The summed E-state index contributed by atoms with van der Waals surface area (Å²) in [5, 5.41) is 1.00. The monoisotopic (exact) mass is 352 g/mol. The number of fused-ring (bicyclic) bond motifs is 1. The average Bonchev–Trinajstić information content (AvgIpc) is 3.02. The van der Waals surface area contributed by atoms with Crippen molar-refractivity contribution >= 4 is 32.7 Å². The molecule has 4 nitrogen and oxygen atoms in total. The SMILES string of the molecule is CCc1ccc(CC(=O)OC2CN(c3nc4ccccc4s3)C2)cc1. The minimum atomic E-state index is -0.154. The Morgan fingerprint density at radius 2 is 1.88 bits per heavy atom. The molecule has 4 rings (SSSR count). The summed E-state index contributed by atoms with van der Waals surface area (Å²) in [6, 6.07) is 16.3. The van der Waals surface area contributed by atoms with Gasteiger partial charge in [-0.2, -0.15) is 0 Å². The molecule has 0 unspecified atom stereocenters. The number of carbonyl (C=O) groups is 1. The van der Waals surface area contributed by atoms with Crippen molar-refractivity contribution in [2.75, 3.05) is 18.0 Å². The van der Waals surface area contributed by atoms with E-state index >= 15 is 0 Å². The topological polar surface area (TPSA) is 42.4 Å². The molecule has 2 heterocycles. The molecule has 25 heavy (non-hydrogen) atoms. The number of thiazole rings is 1. The molecule has 0 saturated carbocycles. The summed E-state index contributed by atoms with van der Waals surface area (Å²) in [6.45, 7) is 3.57. The summed E-state index contributed by atoms with van der Waals surface area (Å²) in [5.41, 5.74) is 3.31. The highest BCUT2D eigenvalue weighted by atomic mass is 32.1. The van der Waals surface area contributed by atoms with Crippen LogP contribution in [0, 0.1) is 0 Å². The number of aryl methyl sites for hydroxylation is 1. The van der Waals surface area contributed by atoms with Crippen molar-refractivity contribution in [1.82, 2.24) is 4.98 Å². The first kappa shape index (κ1) is 16.1. The van der Waals surface area contributed by atoms with Gasteiger partial charge in [0.25, 0.3) is 0 Å². The summed E-state index contributed by atoms with van der Waals surface area (Å²) in [4.78, 5) is 18.9. The highest BCUT2D eigenvalue weighted by Crippen LogP contribution is 2.31. The fourth-order valence-electron chi connectivity index (χ4n) is 2.95. The van der Waals surface area contributed by atoms with E-state index in [2.05, 4.69) is 35.0 Å². The maximum atomic E-state index is 12.1.